The van der Waals surface area contributed by atoms with Gasteiger partial charge in [-0.05, 0) is 26.2 Å². The van der Waals surface area contributed by atoms with Gasteiger partial charge in [0.2, 0.25) is 0 Å². The zero-order chi connectivity index (χ0) is 12.0. The molecular weight excluding hydrogens is 200 g/mol. The fourth-order valence-electron chi connectivity index (χ4n) is 1.68. The van der Waals surface area contributed by atoms with Crippen LogP contribution in [0.4, 0.5) is 0 Å². The minimum absolute atomic E-state index is 0.0863. The topological polar surface area (TPSA) is 26.3 Å². The molecule has 0 amide bonds. The second kappa shape index (κ2) is 6.37. The van der Waals surface area contributed by atoms with Gasteiger partial charge in [0, 0.05) is 12.0 Å². The van der Waals surface area contributed by atoms with Crippen molar-refractivity contribution < 1.29 is 9.53 Å². The minimum Gasteiger partial charge on any atom is -0.453 e. The molecule has 16 heavy (non-hydrogen) atoms. The number of hydrogen-bond donors (Lipinski definition) is 0. The van der Waals surface area contributed by atoms with Crippen molar-refractivity contribution in [3.05, 3.63) is 11.1 Å². The number of rotatable bonds is 4. The maximum Gasteiger partial charge on any atom is 0.335 e. The second-order valence-corrected chi connectivity index (χ2v) is 4.13. The number of ether oxygens (including phenoxy) is 1. The largest absolute Gasteiger partial charge is 0.453 e. The summed E-state index contributed by atoms with van der Waals surface area (Å²) in [6, 6.07) is 0. The molecule has 0 aliphatic carbocycles. The molecule has 2 nitrogen and oxygen atoms in total. The molecule has 2 heteroatoms. The minimum atomic E-state index is -0.193. The first-order chi connectivity index (χ1) is 7.70. The molecule has 0 saturated heterocycles. The zero-order valence-electron chi connectivity index (χ0n) is 10.4. The van der Waals surface area contributed by atoms with Gasteiger partial charge in [-0.3, -0.25) is 0 Å². The van der Waals surface area contributed by atoms with Crippen LogP contribution < -0.4 is 0 Å². The van der Waals surface area contributed by atoms with Gasteiger partial charge in [0.05, 0.1) is 5.57 Å². The van der Waals surface area contributed by atoms with Crippen LogP contribution in [-0.4, -0.2) is 12.1 Å². The molecule has 0 aromatic carbocycles. The number of carbonyl (C=O) groups is 1. The zero-order valence-corrected chi connectivity index (χ0v) is 10.4. The van der Waals surface area contributed by atoms with Crippen LogP contribution in [0.25, 0.3) is 0 Å². The van der Waals surface area contributed by atoms with Crippen molar-refractivity contribution in [1.29, 1.82) is 0 Å². The highest BCUT2D eigenvalue weighted by Crippen LogP contribution is 2.25. The summed E-state index contributed by atoms with van der Waals surface area (Å²) in [5.41, 5.74) is 1.61. The Morgan fingerprint density at radius 1 is 1.31 bits per heavy atom. The standard InChI is InChI=1S/C14H20O2/c1-4-6-8-9-12-11(3)14(15)16-13(12)10-7-5-2/h13H,4-7,10H2,1-3H3. The molecule has 0 spiro atoms. The Morgan fingerprint density at radius 3 is 2.69 bits per heavy atom. The molecule has 0 bridgehead atoms. The summed E-state index contributed by atoms with van der Waals surface area (Å²) in [6.07, 6.45) is 4.93. The van der Waals surface area contributed by atoms with Crippen LogP contribution in [0.5, 0.6) is 0 Å². The van der Waals surface area contributed by atoms with E-state index in [9.17, 15) is 4.79 Å². The highest BCUT2D eigenvalue weighted by molar-refractivity contribution is 5.92. The van der Waals surface area contributed by atoms with Crippen LogP contribution in [0.2, 0.25) is 0 Å². The summed E-state index contributed by atoms with van der Waals surface area (Å²) < 4.78 is 5.30. The lowest BCUT2D eigenvalue weighted by atomic mass is 10.0. The van der Waals surface area contributed by atoms with Crippen molar-refractivity contribution in [2.45, 2.75) is 59.0 Å². The van der Waals surface area contributed by atoms with E-state index in [-0.39, 0.29) is 12.1 Å². The molecule has 0 aromatic heterocycles. The molecule has 1 aliphatic heterocycles. The van der Waals surface area contributed by atoms with Crippen molar-refractivity contribution in [3.8, 4) is 11.8 Å². The van der Waals surface area contributed by atoms with Crippen molar-refractivity contribution in [2.75, 3.05) is 0 Å². The van der Waals surface area contributed by atoms with Gasteiger partial charge in [-0.2, -0.15) is 0 Å². The molecule has 0 fully saturated rings. The average molecular weight is 220 g/mol. The molecule has 1 atom stereocenters. The van der Waals surface area contributed by atoms with Crippen molar-refractivity contribution in [1.82, 2.24) is 0 Å². The van der Waals surface area contributed by atoms with Crippen molar-refractivity contribution in [2.24, 2.45) is 0 Å². The van der Waals surface area contributed by atoms with E-state index in [1.165, 1.54) is 0 Å². The smallest absolute Gasteiger partial charge is 0.335 e. The van der Waals surface area contributed by atoms with Crippen LogP contribution in [0.15, 0.2) is 11.1 Å². The lowest BCUT2D eigenvalue weighted by Crippen LogP contribution is -2.10. The third-order valence-corrected chi connectivity index (χ3v) is 2.70. The van der Waals surface area contributed by atoms with Crippen LogP contribution in [0, 0.1) is 11.8 Å². The molecule has 1 aliphatic rings. The van der Waals surface area contributed by atoms with E-state index < -0.39 is 0 Å². The van der Waals surface area contributed by atoms with E-state index in [1.807, 2.05) is 6.92 Å². The van der Waals surface area contributed by atoms with Crippen molar-refractivity contribution in [3.63, 3.8) is 0 Å². The Bertz CT molecular complexity index is 341. The van der Waals surface area contributed by atoms with Gasteiger partial charge in [0.1, 0.15) is 6.10 Å². The first-order valence-electron chi connectivity index (χ1n) is 6.11. The fourth-order valence-corrected chi connectivity index (χ4v) is 1.68. The number of unbranched alkanes of at least 4 members (excludes halogenated alkanes) is 2. The quantitative estimate of drug-likeness (QED) is 0.537. The monoisotopic (exact) mass is 220 g/mol. The van der Waals surface area contributed by atoms with Gasteiger partial charge >= 0.3 is 5.97 Å². The molecular formula is C14H20O2. The van der Waals surface area contributed by atoms with Crippen LogP contribution in [0.3, 0.4) is 0 Å². The SMILES string of the molecule is CCCC#CC1=C(C)C(=O)OC1CCCC. The maximum atomic E-state index is 11.4. The Labute approximate surface area is 98.1 Å². The highest BCUT2D eigenvalue weighted by atomic mass is 16.5. The summed E-state index contributed by atoms with van der Waals surface area (Å²) >= 11 is 0. The molecule has 1 heterocycles. The molecule has 0 aromatic rings. The van der Waals surface area contributed by atoms with E-state index in [0.29, 0.717) is 5.57 Å². The molecule has 1 rings (SSSR count). The normalized spacial score (nSPS) is 19.4. The van der Waals surface area contributed by atoms with Gasteiger partial charge in [-0.15, -0.1) is 0 Å². The summed E-state index contributed by atoms with van der Waals surface area (Å²) in [4.78, 5) is 11.4. The average Bonchev–Trinajstić information content (AvgIpc) is 2.54. The number of cyclic esters (lactones) is 1. The third kappa shape index (κ3) is 3.13. The molecule has 0 saturated carbocycles. The van der Waals surface area contributed by atoms with Crippen LogP contribution >= 0.6 is 0 Å². The predicted octanol–water partition coefficient (Wildman–Crippen LogP) is 3.22. The Kier molecular flexibility index (Phi) is 5.11. The van der Waals surface area contributed by atoms with Gasteiger partial charge in [0.15, 0.2) is 0 Å². The first kappa shape index (κ1) is 12.8. The molecule has 88 valence electrons. The number of hydrogen-bond acceptors (Lipinski definition) is 2. The van der Waals surface area contributed by atoms with Crippen LogP contribution in [-0.2, 0) is 9.53 Å². The predicted molar refractivity (Wildman–Crippen MR) is 64.8 cm³/mol. The fraction of sp³-hybridized carbons (Fsp3) is 0.643. The first-order valence-corrected chi connectivity index (χ1v) is 6.11. The number of carbonyl (C=O) groups excluding carboxylic acids is 1. The molecule has 1 unspecified atom stereocenters. The highest BCUT2D eigenvalue weighted by Gasteiger charge is 2.29. The Hall–Kier alpha value is -1.23. The van der Waals surface area contributed by atoms with Gasteiger partial charge in [-0.25, -0.2) is 4.79 Å². The summed E-state index contributed by atoms with van der Waals surface area (Å²) in [5.74, 6) is 6.01. The van der Waals surface area contributed by atoms with Crippen LogP contribution in [0.1, 0.15) is 52.9 Å². The summed E-state index contributed by atoms with van der Waals surface area (Å²) in [7, 11) is 0. The van der Waals surface area contributed by atoms with E-state index >= 15 is 0 Å². The Morgan fingerprint density at radius 2 is 2.06 bits per heavy atom. The third-order valence-electron chi connectivity index (χ3n) is 2.70. The molecule has 0 N–H and O–H groups in total. The van der Waals surface area contributed by atoms with Crippen molar-refractivity contribution >= 4 is 5.97 Å². The van der Waals surface area contributed by atoms with Gasteiger partial charge in [0.25, 0.3) is 0 Å². The lowest BCUT2D eigenvalue weighted by Gasteiger charge is -2.09. The van der Waals surface area contributed by atoms with E-state index in [1.54, 1.807) is 0 Å². The maximum absolute atomic E-state index is 11.4. The van der Waals surface area contributed by atoms with Gasteiger partial charge in [-0.1, -0.05) is 32.1 Å². The summed E-state index contributed by atoms with van der Waals surface area (Å²) in [6.45, 7) is 6.04. The van der Waals surface area contributed by atoms with E-state index in [0.717, 1.165) is 37.7 Å². The Balaban J connectivity index is 2.74. The van der Waals surface area contributed by atoms with E-state index in [2.05, 4.69) is 25.7 Å². The lowest BCUT2D eigenvalue weighted by molar-refractivity contribution is -0.139. The summed E-state index contributed by atoms with van der Waals surface area (Å²) in [5, 5.41) is 0. The number of esters is 1. The van der Waals surface area contributed by atoms with E-state index in [4.69, 9.17) is 4.74 Å². The second-order valence-electron chi connectivity index (χ2n) is 4.13. The van der Waals surface area contributed by atoms with Gasteiger partial charge < -0.3 is 4.74 Å². The molecule has 0 radical (unpaired) electrons.